The van der Waals surface area contributed by atoms with E-state index in [0.29, 0.717) is 0 Å². The topological polar surface area (TPSA) is 38.3 Å². The fourth-order valence-electron chi connectivity index (χ4n) is 2.41. The lowest BCUT2D eigenvalue weighted by Gasteiger charge is -2.15. The first-order chi connectivity index (χ1) is 10.9. The van der Waals surface area contributed by atoms with Gasteiger partial charge < -0.3 is 10.1 Å². The quantitative estimate of drug-likeness (QED) is 0.915. The second-order valence-corrected chi connectivity index (χ2v) is 5.72. The molecule has 0 spiro atoms. The Kier molecular flexibility index (Phi) is 5.37. The summed E-state index contributed by atoms with van der Waals surface area (Å²) in [7, 11) is 1.61. The molecule has 1 amide bonds. The summed E-state index contributed by atoms with van der Waals surface area (Å²) in [6.45, 7) is 5.98. The number of hydrogen-bond acceptors (Lipinski definition) is 2. The van der Waals surface area contributed by atoms with Crippen molar-refractivity contribution in [2.24, 2.45) is 0 Å². The molecule has 0 aliphatic carbocycles. The maximum atomic E-state index is 14.0. The van der Waals surface area contributed by atoms with Crippen molar-refractivity contribution in [3.63, 3.8) is 0 Å². The predicted molar refractivity (Wildman–Crippen MR) is 89.2 cm³/mol. The van der Waals surface area contributed by atoms with Gasteiger partial charge in [-0.15, -0.1) is 0 Å². The lowest BCUT2D eigenvalue weighted by molar-refractivity contribution is -0.119. The van der Waals surface area contributed by atoms with Gasteiger partial charge in [-0.3, -0.25) is 4.79 Å². The summed E-state index contributed by atoms with van der Waals surface area (Å²) >= 11 is 0. The molecular formula is C19H22FNO2. The first-order valence-corrected chi connectivity index (χ1v) is 7.60. The number of carbonyl (C=O) groups excluding carboxylic acids is 1. The van der Waals surface area contributed by atoms with Crippen LogP contribution in [0.25, 0.3) is 0 Å². The zero-order valence-electron chi connectivity index (χ0n) is 14.0. The van der Waals surface area contributed by atoms with Crippen LogP contribution in [0.15, 0.2) is 30.3 Å². The van der Waals surface area contributed by atoms with Gasteiger partial charge in [0.1, 0.15) is 6.61 Å². The Balaban J connectivity index is 2.23. The van der Waals surface area contributed by atoms with Crippen molar-refractivity contribution in [1.82, 2.24) is 5.32 Å². The molecule has 0 aliphatic heterocycles. The first-order valence-electron chi connectivity index (χ1n) is 7.60. The van der Waals surface area contributed by atoms with Gasteiger partial charge in [-0.25, -0.2) is 4.39 Å². The standard InChI is InChI=1S/C19H22FNO2/c1-12-6-5-7-15(10-19(22)21-4)16(12)11-23-18-9-14(3)13(2)8-17(18)20/h5-9H,10-11H2,1-4H3,(H,21,22). The maximum absolute atomic E-state index is 14.0. The van der Waals surface area contributed by atoms with Gasteiger partial charge in [-0.05, 0) is 60.7 Å². The molecule has 0 unspecified atom stereocenters. The van der Waals surface area contributed by atoms with Crippen LogP contribution >= 0.6 is 0 Å². The third-order valence-corrected chi connectivity index (χ3v) is 4.06. The Morgan fingerprint density at radius 3 is 2.52 bits per heavy atom. The fraction of sp³-hybridized carbons (Fsp3) is 0.316. The molecule has 0 atom stereocenters. The molecule has 0 fully saturated rings. The summed E-state index contributed by atoms with van der Waals surface area (Å²) in [5.74, 6) is -0.189. The van der Waals surface area contributed by atoms with Crippen LogP contribution in [-0.4, -0.2) is 13.0 Å². The van der Waals surface area contributed by atoms with E-state index in [1.165, 1.54) is 6.07 Å². The number of nitrogens with one attached hydrogen (secondary N) is 1. The van der Waals surface area contributed by atoms with E-state index in [4.69, 9.17) is 4.74 Å². The van der Waals surface area contributed by atoms with Gasteiger partial charge in [0, 0.05) is 7.05 Å². The van der Waals surface area contributed by atoms with Gasteiger partial charge in [0.05, 0.1) is 6.42 Å². The van der Waals surface area contributed by atoms with E-state index < -0.39 is 0 Å². The van der Waals surface area contributed by atoms with Crippen LogP contribution in [0, 0.1) is 26.6 Å². The monoisotopic (exact) mass is 315 g/mol. The number of carbonyl (C=O) groups is 1. The average molecular weight is 315 g/mol. The smallest absolute Gasteiger partial charge is 0.224 e. The Morgan fingerprint density at radius 1 is 1.13 bits per heavy atom. The van der Waals surface area contributed by atoms with E-state index in [0.717, 1.165) is 27.8 Å². The van der Waals surface area contributed by atoms with Crippen molar-refractivity contribution in [2.45, 2.75) is 33.8 Å². The molecule has 0 saturated heterocycles. The highest BCUT2D eigenvalue weighted by Crippen LogP contribution is 2.24. The zero-order chi connectivity index (χ0) is 17.0. The second kappa shape index (κ2) is 7.27. The lowest BCUT2D eigenvalue weighted by Crippen LogP contribution is -2.21. The Bertz CT molecular complexity index is 726. The van der Waals surface area contributed by atoms with E-state index in [-0.39, 0.29) is 30.5 Å². The van der Waals surface area contributed by atoms with Gasteiger partial charge >= 0.3 is 0 Å². The Morgan fingerprint density at radius 2 is 1.83 bits per heavy atom. The molecule has 1 N–H and O–H groups in total. The van der Waals surface area contributed by atoms with Crippen LogP contribution in [0.3, 0.4) is 0 Å². The molecule has 0 radical (unpaired) electrons. The molecule has 4 heteroatoms. The van der Waals surface area contributed by atoms with Crippen molar-refractivity contribution in [3.05, 3.63) is 64.0 Å². The van der Waals surface area contributed by atoms with Gasteiger partial charge in [0.2, 0.25) is 5.91 Å². The molecule has 2 aromatic rings. The van der Waals surface area contributed by atoms with E-state index in [2.05, 4.69) is 5.32 Å². The van der Waals surface area contributed by atoms with Crippen molar-refractivity contribution >= 4 is 5.91 Å². The highest BCUT2D eigenvalue weighted by atomic mass is 19.1. The number of ether oxygens (including phenoxy) is 1. The summed E-state index contributed by atoms with van der Waals surface area (Å²) in [6.07, 6.45) is 0.284. The SMILES string of the molecule is CNC(=O)Cc1cccc(C)c1COc1cc(C)c(C)cc1F. The van der Waals surface area contributed by atoms with Crippen molar-refractivity contribution in [1.29, 1.82) is 0 Å². The van der Waals surface area contributed by atoms with Gasteiger partial charge in [0.25, 0.3) is 0 Å². The van der Waals surface area contributed by atoms with E-state index >= 15 is 0 Å². The molecule has 122 valence electrons. The molecular weight excluding hydrogens is 293 g/mol. The van der Waals surface area contributed by atoms with Crippen LogP contribution in [0.5, 0.6) is 5.75 Å². The fourth-order valence-corrected chi connectivity index (χ4v) is 2.41. The van der Waals surface area contributed by atoms with Crippen LogP contribution < -0.4 is 10.1 Å². The summed E-state index contributed by atoms with van der Waals surface area (Å²) in [6, 6.07) is 8.96. The minimum atomic E-state index is -0.366. The zero-order valence-corrected chi connectivity index (χ0v) is 14.0. The van der Waals surface area contributed by atoms with E-state index in [1.54, 1.807) is 13.1 Å². The lowest BCUT2D eigenvalue weighted by atomic mass is 10.00. The minimum Gasteiger partial charge on any atom is -0.486 e. The summed E-state index contributed by atoms with van der Waals surface area (Å²) < 4.78 is 19.7. The van der Waals surface area contributed by atoms with Crippen LogP contribution in [0.4, 0.5) is 4.39 Å². The van der Waals surface area contributed by atoms with E-state index in [9.17, 15) is 9.18 Å². The maximum Gasteiger partial charge on any atom is 0.224 e. The summed E-state index contributed by atoms with van der Waals surface area (Å²) in [4.78, 5) is 11.6. The second-order valence-electron chi connectivity index (χ2n) is 5.72. The third-order valence-electron chi connectivity index (χ3n) is 4.06. The average Bonchev–Trinajstić information content (AvgIpc) is 2.51. The molecule has 0 aromatic heterocycles. The molecule has 0 bridgehead atoms. The van der Waals surface area contributed by atoms with E-state index in [1.807, 2.05) is 39.0 Å². The van der Waals surface area contributed by atoms with Gasteiger partial charge in [-0.2, -0.15) is 0 Å². The Labute approximate surface area is 136 Å². The molecule has 2 aromatic carbocycles. The highest BCUT2D eigenvalue weighted by molar-refractivity contribution is 5.78. The largest absolute Gasteiger partial charge is 0.486 e. The van der Waals surface area contributed by atoms with Gasteiger partial charge in [-0.1, -0.05) is 18.2 Å². The minimum absolute atomic E-state index is 0.0609. The number of hydrogen-bond donors (Lipinski definition) is 1. The van der Waals surface area contributed by atoms with Gasteiger partial charge in [0.15, 0.2) is 11.6 Å². The normalized spacial score (nSPS) is 10.5. The number of benzene rings is 2. The molecule has 23 heavy (non-hydrogen) atoms. The molecule has 0 aliphatic rings. The predicted octanol–water partition coefficient (Wildman–Crippen LogP) is 3.62. The van der Waals surface area contributed by atoms with Crippen LogP contribution in [-0.2, 0) is 17.8 Å². The number of amides is 1. The number of likely N-dealkylation sites (N-methyl/N-ethyl adjacent to an activating group) is 1. The molecule has 2 rings (SSSR count). The molecule has 3 nitrogen and oxygen atoms in total. The number of rotatable bonds is 5. The third kappa shape index (κ3) is 4.09. The highest BCUT2D eigenvalue weighted by Gasteiger charge is 2.12. The first kappa shape index (κ1) is 17.0. The van der Waals surface area contributed by atoms with Crippen molar-refractivity contribution in [2.75, 3.05) is 7.05 Å². The van der Waals surface area contributed by atoms with Crippen LogP contribution in [0.2, 0.25) is 0 Å². The molecule has 0 saturated carbocycles. The van der Waals surface area contributed by atoms with Crippen molar-refractivity contribution < 1.29 is 13.9 Å². The van der Waals surface area contributed by atoms with Crippen molar-refractivity contribution in [3.8, 4) is 5.75 Å². The molecule has 0 heterocycles. The summed E-state index contributed by atoms with van der Waals surface area (Å²) in [5, 5.41) is 2.62. The summed E-state index contributed by atoms with van der Waals surface area (Å²) in [5.41, 5.74) is 4.72. The van der Waals surface area contributed by atoms with Crippen LogP contribution in [0.1, 0.15) is 27.8 Å². The number of halogens is 1. The Hall–Kier alpha value is -2.36. The number of aryl methyl sites for hydroxylation is 3.